The summed E-state index contributed by atoms with van der Waals surface area (Å²) in [5.74, 6) is 1.24. The average Bonchev–Trinajstić information content (AvgIpc) is 3.09. The third-order valence-electron chi connectivity index (χ3n) is 3.48. The van der Waals surface area contributed by atoms with E-state index in [1.165, 1.54) is 12.1 Å². The van der Waals surface area contributed by atoms with Gasteiger partial charge in [-0.25, -0.2) is 0 Å². The van der Waals surface area contributed by atoms with Crippen molar-refractivity contribution < 1.29 is 9.34 Å². The summed E-state index contributed by atoms with van der Waals surface area (Å²) in [4.78, 5) is 10.3. The van der Waals surface area contributed by atoms with Gasteiger partial charge in [0.05, 0.1) is 16.8 Å². The summed E-state index contributed by atoms with van der Waals surface area (Å²) in [6.07, 6.45) is 1.63. The van der Waals surface area contributed by atoms with Crippen molar-refractivity contribution in [2.24, 2.45) is 5.10 Å². The predicted molar refractivity (Wildman–Crippen MR) is 93.2 cm³/mol. The van der Waals surface area contributed by atoms with Gasteiger partial charge < -0.3 is 4.42 Å². The van der Waals surface area contributed by atoms with Crippen molar-refractivity contribution in [3.63, 3.8) is 0 Å². The molecule has 2 aromatic carbocycles. The summed E-state index contributed by atoms with van der Waals surface area (Å²) in [6.45, 7) is 0. The fraction of sp³-hybridized carbons (Fsp3) is 0.0556. The Morgan fingerprint density at radius 2 is 1.75 bits per heavy atom. The third kappa shape index (κ3) is 3.49. The molecule has 6 nitrogen and oxygen atoms in total. The number of nitro benzene ring substituents is 1. The molecule has 6 heteroatoms. The lowest BCUT2D eigenvalue weighted by atomic mass is 10.1. The van der Waals surface area contributed by atoms with Gasteiger partial charge >= 0.3 is 0 Å². The highest BCUT2D eigenvalue weighted by Gasteiger charge is 2.08. The average molecular weight is 321 g/mol. The maximum atomic E-state index is 10.7. The van der Waals surface area contributed by atoms with Crippen LogP contribution in [0.3, 0.4) is 0 Å². The smallest absolute Gasteiger partial charge is 0.269 e. The van der Waals surface area contributed by atoms with E-state index < -0.39 is 4.92 Å². The first kappa shape index (κ1) is 15.5. The highest BCUT2D eigenvalue weighted by atomic mass is 16.6. The molecule has 0 saturated carbocycles. The second-order valence-electron chi connectivity index (χ2n) is 5.11. The standard InChI is InChI=1S/C18H15N3O3/c1-20(15-5-3-2-4-6-15)19-13-17-11-12-18(24-17)14-7-9-16(10-8-14)21(22)23/h2-13H,1H3/b19-13+. The molecular weight excluding hydrogens is 306 g/mol. The Hall–Kier alpha value is -3.41. The number of hydrogen-bond acceptors (Lipinski definition) is 5. The molecule has 0 atom stereocenters. The lowest BCUT2D eigenvalue weighted by Gasteiger charge is -2.11. The lowest BCUT2D eigenvalue weighted by molar-refractivity contribution is -0.384. The van der Waals surface area contributed by atoms with E-state index in [2.05, 4.69) is 5.10 Å². The first-order valence-corrected chi connectivity index (χ1v) is 7.31. The number of para-hydroxylation sites is 1. The van der Waals surface area contributed by atoms with Crippen LogP contribution in [-0.4, -0.2) is 18.2 Å². The molecule has 0 spiro atoms. The number of nitro groups is 1. The number of nitrogens with zero attached hydrogens (tertiary/aromatic N) is 3. The molecule has 3 rings (SSSR count). The first-order chi connectivity index (χ1) is 11.6. The van der Waals surface area contributed by atoms with Crippen molar-refractivity contribution in [1.29, 1.82) is 0 Å². The predicted octanol–water partition coefficient (Wildman–Crippen LogP) is 4.33. The monoisotopic (exact) mass is 321 g/mol. The summed E-state index contributed by atoms with van der Waals surface area (Å²) in [5, 5.41) is 16.8. The quantitative estimate of drug-likeness (QED) is 0.398. The van der Waals surface area contributed by atoms with Gasteiger partial charge in [-0.15, -0.1) is 0 Å². The van der Waals surface area contributed by atoms with Crippen LogP contribution in [0.1, 0.15) is 5.76 Å². The fourth-order valence-electron chi connectivity index (χ4n) is 2.18. The van der Waals surface area contributed by atoms with Gasteiger partial charge in [-0.2, -0.15) is 5.10 Å². The number of rotatable bonds is 5. The SMILES string of the molecule is CN(/N=C/c1ccc(-c2ccc([N+](=O)[O-])cc2)o1)c1ccccc1. The number of non-ortho nitro benzene ring substituents is 1. The highest BCUT2D eigenvalue weighted by Crippen LogP contribution is 2.24. The molecule has 1 heterocycles. The minimum absolute atomic E-state index is 0.0524. The van der Waals surface area contributed by atoms with Gasteiger partial charge in [-0.05, 0) is 36.4 Å². The summed E-state index contributed by atoms with van der Waals surface area (Å²) < 4.78 is 5.71. The molecule has 1 aromatic heterocycles. The van der Waals surface area contributed by atoms with Crippen LogP contribution in [0.2, 0.25) is 0 Å². The molecule has 0 aliphatic rings. The summed E-state index contributed by atoms with van der Waals surface area (Å²) in [5.41, 5.74) is 1.80. The molecule has 120 valence electrons. The zero-order valence-corrected chi connectivity index (χ0v) is 13.0. The van der Waals surface area contributed by atoms with E-state index in [9.17, 15) is 10.1 Å². The third-order valence-corrected chi connectivity index (χ3v) is 3.48. The minimum Gasteiger partial charge on any atom is -0.455 e. The van der Waals surface area contributed by atoms with Crippen molar-refractivity contribution in [3.8, 4) is 11.3 Å². The minimum atomic E-state index is -0.427. The van der Waals surface area contributed by atoms with E-state index in [1.54, 1.807) is 29.4 Å². The molecule has 0 N–H and O–H groups in total. The van der Waals surface area contributed by atoms with Crippen LogP contribution in [0.4, 0.5) is 11.4 Å². The van der Waals surface area contributed by atoms with Crippen LogP contribution in [0.15, 0.2) is 76.2 Å². The second-order valence-corrected chi connectivity index (χ2v) is 5.11. The summed E-state index contributed by atoms with van der Waals surface area (Å²) >= 11 is 0. The van der Waals surface area contributed by atoms with Gasteiger partial charge in [0.2, 0.25) is 0 Å². The molecule has 0 bridgehead atoms. The van der Waals surface area contributed by atoms with Crippen molar-refractivity contribution in [2.45, 2.75) is 0 Å². The Bertz CT molecular complexity index is 855. The Kier molecular flexibility index (Phi) is 4.38. The van der Waals surface area contributed by atoms with Crippen LogP contribution in [0.25, 0.3) is 11.3 Å². The number of furan rings is 1. The Morgan fingerprint density at radius 1 is 1.04 bits per heavy atom. The highest BCUT2D eigenvalue weighted by molar-refractivity contribution is 5.78. The van der Waals surface area contributed by atoms with Gasteiger partial charge in [0.1, 0.15) is 11.5 Å². The molecule has 0 aliphatic heterocycles. The zero-order chi connectivity index (χ0) is 16.9. The van der Waals surface area contributed by atoms with E-state index in [1.807, 2.05) is 43.4 Å². The Morgan fingerprint density at radius 3 is 2.42 bits per heavy atom. The Balaban J connectivity index is 1.73. The van der Waals surface area contributed by atoms with E-state index in [0.717, 1.165) is 11.3 Å². The van der Waals surface area contributed by atoms with Crippen molar-refractivity contribution in [2.75, 3.05) is 12.1 Å². The zero-order valence-electron chi connectivity index (χ0n) is 13.0. The number of hydrazone groups is 1. The maximum Gasteiger partial charge on any atom is 0.269 e. The fourth-order valence-corrected chi connectivity index (χ4v) is 2.18. The van der Waals surface area contributed by atoms with E-state index in [-0.39, 0.29) is 5.69 Å². The van der Waals surface area contributed by atoms with Crippen LogP contribution in [0.5, 0.6) is 0 Å². The molecule has 0 fully saturated rings. The summed E-state index contributed by atoms with van der Waals surface area (Å²) in [6, 6.07) is 19.6. The van der Waals surface area contributed by atoms with Gasteiger partial charge in [0, 0.05) is 24.7 Å². The van der Waals surface area contributed by atoms with E-state index in [0.29, 0.717) is 11.5 Å². The normalized spacial score (nSPS) is 10.9. The number of hydrogen-bond donors (Lipinski definition) is 0. The first-order valence-electron chi connectivity index (χ1n) is 7.31. The van der Waals surface area contributed by atoms with Crippen LogP contribution in [-0.2, 0) is 0 Å². The number of benzene rings is 2. The van der Waals surface area contributed by atoms with Crippen molar-refractivity contribution >= 4 is 17.6 Å². The molecule has 24 heavy (non-hydrogen) atoms. The van der Waals surface area contributed by atoms with E-state index in [4.69, 9.17) is 4.42 Å². The Labute approximate surface area is 138 Å². The maximum absolute atomic E-state index is 10.7. The van der Waals surface area contributed by atoms with Crippen LogP contribution >= 0.6 is 0 Å². The van der Waals surface area contributed by atoms with Crippen LogP contribution in [0, 0.1) is 10.1 Å². The lowest BCUT2D eigenvalue weighted by Crippen LogP contribution is -2.08. The van der Waals surface area contributed by atoms with Gasteiger partial charge in [0.25, 0.3) is 5.69 Å². The largest absolute Gasteiger partial charge is 0.455 e. The molecular formula is C18H15N3O3. The van der Waals surface area contributed by atoms with Crippen LogP contribution < -0.4 is 5.01 Å². The molecule has 0 saturated heterocycles. The number of anilines is 1. The molecule has 0 amide bonds. The topological polar surface area (TPSA) is 71.9 Å². The van der Waals surface area contributed by atoms with Crippen molar-refractivity contribution in [3.05, 3.63) is 82.6 Å². The van der Waals surface area contributed by atoms with E-state index >= 15 is 0 Å². The van der Waals surface area contributed by atoms with Gasteiger partial charge in [0.15, 0.2) is 0 Å². The molecule has 3 aromatic rings. The molecule has 0 radical (unpaired) electrons. The van der Waals surface area contributed by atoms with Crippen molar-refractivity contribution in [1.82, 2.24) is 0 Å². The van der Waals surface area contributed by atoms with Gasteiger partial charge in [-0.3, -0.25) is 15.1 Å². The molecule has 0 unspecified atom stereocenters. The van der Waals surface area contributed by atoms with Gasteiger partial charge in [-0.1, -0.05) is 18.2 Å². The molecule has 0 aliphatic carbocycles. The summed E-state index contributed by atoms with van der Waals surface area (Å²) in [7, 11) is 1.85. The second kappa shape index (κ2) is 6.78.